The van der Waals surface area contributed by atoms with Crippen LogP contribution in [-0.4, -0.2) is 72.2 Å². The highest BCUT2D eigenvalue weighted by Gasteiger charge is 2.34. The van der Waals surface area contributed by atoms with E-state index in [1.54, 1.807) is 0 Å². The van der Waals surface area contributed by atoms with E-state index in [-0.39, 0.29) is 36.0 Å². The third-order valence-electron chi connectivity index (χ3n) is 4.06. The van der Waals surface area contributed by atoms with Crippen LogP contribution in [0.5, 0.6) is 0 Å². The van der Waals surface area contributed by atoms with Crippen molar-refractivity contribution in [2.75, 3.05) is 33.4 Å². The molecule has 0 aliphatic carbocycles. The molecule has 1 heterocycles. The lowest BCUT2D eigenvalue weighted by Gasteiger charge is -2.36. The van der Waals surface area contributed by atoms with Gasteiger partial charge in [-0.3, -0.25) is 29.8 Å². The zero-order valence-electron chi connectivity index (χ0n) is 15.6. The first-order chi connectivity index (χ1) is 13.8. The van der Waals surface area contributed by atoms with Crippen LogP contribution >= 0.6 is 12.2 Å². The molecule has 156 valence electrons. The molecule has 1 aliphatic heterocycles. The molecule has 11 nitrogen and oxygen atoms in total. The molecule has 1 saturated heterocycles. The molecule has 1 aliphatic rings. The number of benzene rings is 1. The van der Waals surface area contributed by atoms with Gasteiger partial charge in [0.2, 0.25) is 5.91 Å². The number of non-ortho nitro benzene ring substituents is 1. The van der Waals surface area contributed by atoms with E-state index < -0.39 is 28.7 Å². The van der Waals surface area contributed by atoms with E-state index in [2.05, 4.69) is 10.6 Å². The van der Waals surface area contributed by atoms with Crippen LogP contribution in [0.25, 0.3) is 0 Å². The largest absolute Gasteiger partial charge is 0.463 e. The zero-order valence-corrected chi connectivity index (χ0v) is 16.4. The van der Waals surface area contributed by atoms with E-state index in [4.69, 9.17) is 21.7 Å². The highest BCUT2D eigenvalue weighted by Crippen LogP contribution is 2.13. The Balaban J connectivity index is 2.02. The minimum atomic E-state index is -0.927. The second-order valence-corrected chi connectivity index (χ2v) is 6.37. The first-order valence-electron chi connectivity index (χ1n) is 8.62. The summed E-state index contributed by atoms with van der Waals surface area (Å²) in [6, 6.07) is 4.06. The summed E-state index contributed by atoms with van der Waals surface area (Å²) in [6.07, 6.45) is -0.247. The predicted octanol–water partition coefficient (Wildman–Crippen LogP) is -0.0104. The molecule has 0 aromatic heterocycles. The fraction of sp³-hybridized carbons (Fsp3) is 0.412. The molecule has 0 spiro atoms. The van der Waals surface area contributed by atoms with Gasteiger partial charge in [-0.15, -0.1) is 0 Å². The molecule has 0 saturated carbocycles. The Labute approximate surface area is 171 Å². The van der Waals surface area contributed by atoms with Gasteiger partial charge in [0.05, 0.1) is 18.0 Å². The van der Waals surface area contributed by atoms with Crippen molar-refractivity contribution in [3.05, 3.63) is 39.9 Å². The molecule has 12 heteroatoms. The number of amides is 2. The molecule has 0 radical (unpaired) electrons. The lowest BCUT2D eigenvalue weighted by atomic mass is 10.1. The number of esters is 1. The van der Waals surface area contributed by atoms with Gasteiger partial charge in [-0.25, -0.2) is 0 Å². The molecule has 1 aromatic carbocycles. The summed E-state index contributed by atoms with van der Waals surface area (Å²) < 4.78 is 9.78. The standard InChI is InChI=1S/C17H20N4O7S/c1-27-8-9-28-14(22)10-13-16(24)18-6-7-20(13)17(29)19-15(23)11-2-4-12(5-3-11)21(25)26/h2-5,13H,6-10H2,1H3,(H,18,24)(H,19,23,29). The van der Waals surface area contributed by atoms with Crippen molar-refractivity contribution in [2.24, 2.45) is 0 Å². The molecule has 1 unspecified atom stereocenters. The van der Waals surface area contributed by atoms with Gasteiger partial charge in [0.15, 0.2) is 5.11 Å². The third kappa shape index (κ3) is 6.19. The topological polar surface area (TPSA) is 140 Å². The van der Waals surface area contributed by atoms with Gasteiger partial charge in [-0.2, -0.15) is 0 Å². The smallest absolute Gasteiger partial charge is 0.308 e. The normalized spacial score (nSPS) is 16.0. The van der Waals surface area contributed by atoms with Gasteiger partial charge in [0, 0.05) is 37.9 Å². The Hall–Kier alpha value is -3.12. The Morgan fingerprint density at radius 1 is 1.34 bits per heavy atom. The summed E-state index contributed by atoms with van der Waals surface area (Å²) in [6.45, 7) is 0.879. The number of thiocarbonyl (C=S) groups is 1. The second kappa shape index (κ2) is 10.4. The number of nitro groups is 1. The minimum absolute atomic E-state index is 0.0297. The number of hydrogen-bond donors (Lipinski definition) is 2. The molecular formula is C17H20N4O7S. The maximum atomic E-state index is 12.4. The molecule has 1 aromatic rings. The van der Waals surface area contributed by atoms with Crippen molar-refractivity contribution in [3.8, 4) is 0 Å². The van der Waals surface area contributed by atoms with Crippen LogP contribution in [0.4, 0.5) is 5.69 Å². The van der Waals surface area contributed by atoms with Crippen LogP contribution in [0.3, 0.4) is 0 Å². The van der Waals surface area contributed by atoms with Crippen molar-refractivity contribution in [2.45, 2.75) is 12.5 Å². The van der Waals surface area contributed by atoms with Crippen LogP contribution in [0, 0.1) is 10.1 Å². The van der Waals surface area contributed by atoms with Crippen LogP contribution < -0.4 is 10.6 Å². The molecule has 2 amide bonds. The van der Waals surface area contributed by atoms with Gasteiger partial charge in [-0.1, -0.05) is 0 Å². The maximum Gasteiger partial charge on any atom is 0.308 e. The number of piperazine rings is 1. The highest BCUT2D eigenvalue weighted by molar-refractivity contribution is 7.80. The van der Waals surface area contributed by atoms with Crippen LogP contribution in [0.2, 0.25) is 0 Å². The van der Waals surface area contributed by atoms with Crippen molar-refractivity contribution in [3.63, 3.8) is 0 Å². The lowest BCUT2D eigenvalue weighted by molar-refractivity contribution is -0.384. The summed E-state index contributed by atoms with van der Waals surface area (Å²) >= 11 is 5.24. The zero-order chi connectivity index (χ0) is 21.4. The van der Waals surface area contributed by atoms with Crippen LogP contribution in [-0.2, 0) is 19.1 Å². The molecule has 1 atom stereocenters. The first kappa shape index (κ1) is 22.2. The SMILES string of the molecule is COCCOC(=O)CC1C(=O)NCCN1C(=S)NC(=O)c1ccc([N+](=O)[O-])cc1. The van der Waals surface area contributed by atoms with Gasteiger partial charge < -0.3 is 19.7 Å². The van der Waals surface area contributed by atoms with Gasteiger partial charge in [0.25, 0.3) is 11.6 Å². The lowest BCUT2D eigenvalue weighted by Crippen LogP contribution is -2.60. The van der Waals surface area contributed by atoms with E-state index in [9.17, 15) is 24.5 Å². The number of nitro benzene ring substituents is 1. The second-order valence-electron chi connectivity index (χ2n) is 5.98. The van der Waals surface area contributed by atoms with E-state index in [0.717, 1.165) is 0 Å². The Bertz CT molecular complexity index is 799. The third-order valence-corrected chi connectivity index (χ3v) is 4.40. The van der Waals surface area contributed by atoms with Crippen molar-refractivity contribution in [1.82, 2.24) is 15.5 Å². The van der Waals surface area contributed by atoms with E-state index in [1.807, 2.05) is 0 Å². The molecule has 29 heavy (non-hydrogen) atoms. The van der Waals surface area contributed by atoms with E-state index in [0.29, 0.717) is 13.1 Å². The fourth-order valence-electron chi connectivity index (χ4n) is 2.59. The predicted molar refractivity (Wildman–Crippen MR) is 104 cm³/mol. The average molecular weight is 424 g/mol. The minimum Gasteiger partial charge on any atom is -0.463 e. The molecule has 1 fully saturated rings. The summed E-state index contributed by atoms with van der Waals surface area (Å²) in [4.78, 5) is 48.1. The molecule has 2 rings (SSSR count). The highest BCUT2D eigenvalue weighted by atomic mass is 32.1. The average Bonchev–Trinajstić information content (AvgIpc) is 2.69. The Morgan fingerprint density at radius 3 is 2.66 bits per heavy atom. The molecule has 2 N–H and O–H groups in total. The molecular weight excluding hydrogens is 404 g/mol. The maximum absolute atomic E-state index is 12.4. The van der Waals surface area contributed by atoms with E-state index >= 15 is 0 Å². The molecule has 0 bridgehead atoms. The first-order valence-corrected chi connectivity index (χ1v) is 9.03. The van der Waals surface area contributed by atoms with Crippen molar-refractivity contribution in [1.29, 1.82) is 0 Å². The van der Waals surface area contributed by atoms with Crippen LogP contribution in [0.15, 0.2) is 24.3 Å². The number of ether oxygens (including phenoxy) is 2. The fourth-order valence-corrected chi connectivity index (χ4v) is 2.90. The van der Waals surface area contributed by atoms with Gasteiger partial charge in [0.1, 0.15) is 12.6 Å². The van der Waals surface area contributed by atoms with Crippen molar-refractivity contribution < 1.29 is 28.8 Å². The van der Waals surface area contributed by atoms with Gasteiger partial charge in [-0.05, 0) is 24.4 Å². The summed E-state index contributed by atoms with van der Waals surface area (Å²) in [5, 5.41) is 15.8. The number of rotatable bonds is 7. The number of methoxy groups -OCH3 is 1. The Morgan fingerprint density at radius 2 is 2.03 bits per heavy atom. The Kier molecular flexibility index (Phi) is 7.98. The number of nitrogens with zero attached hydrogens (tertiary/aromatic N) is 2. The monoisotopic (exact) mass is 424 g/mol. The van der Waals surface area contributed by atoms with Crippen LogP contribution in [0.1, 0.15) is 16.8 Å². The summed E-state index contributed by atoms with van der Waals surface area (Å²) in [5.74, 6) is -1.59. The summed E-state index contributed by atoms with van der Waals surface area (Å²) in [5.41, 5.74) is 0.0128. The quantitative estimate of drug-likeness (QED) is 0.203. The van der Waals surface area contributed by atoms with E-state index in [1.165, 1.54) is 36.3 Å². The number of hydrogen-bond acceptors (Lipinski definition) is 8. The number of nitrogens with one attached hydrogen (secondary N) is 2. The summed E-state index contributed by atoms with van der Waals surface area (Å²) in [7, 11) is 1.47. The van der Waals surface area contributed by atoms with Gasteiger partial charge >= 0.3 is 5.97 Å². The van der Waals surface area contributed by atoms with Crippen molar-refractivity contribution >= 4 is 40.8 Å². The number of carbonyl (C=O) groups is 3. The number of carbonyl (C=O) groups excluding carboxylic acids is 3.